The molecule has 2 fully saturated rings. The van der Waals surface area contributed by atoms with Gasteiger partial charge < -0.3 is 38.1 Å². The Kier molecular flexibility index (Phi) is 14.0. The van der Waals surface area contributed by atoms with Crippen LogP contribution in [0.25, 0.3) is 0 Å². The van der Waals surface area contributed by atoms with Gasteiger partial charge in [0.2, 0.25) is 0 Å². The molecule has 64 heavy (non-hydrogen) atoms. The maximum absolute atomic E-state index is 14.8. The van der Waals surface area contributed by atoms with E-state index in [0.29, 0.717) is 22.6 Å². The van der Waals surface area contributed by atoms with E-state index in [4.69, 9.17) is 37.5 Å². The molecule has 7 rings (SSSR count). The molecule has 0 saturated carbocycles. The van der Waals surface area contributed by atoms with E-state index in [1.54, 1.807) is 38.5 Å². The fraction of sp³-hybridized carbons (Fsp3) is 0.386. The molecule has 0 spiro atoms. The van der Waals surface area contributed by atoms with Crippen LogP contribution in [-0.4, -0.2) is 88.4 Å². The third-order valence-corrected chi connectivity index (χ3v) is 12.7. The lowest BCUT2D eigenvalue weighted by Gasteiger charge is -2.37. The third kappa shape index (κ3) is 9.90. The number of esters is 1. The second kappa shape index (κ2) is 19.4. The Bertz CT molecular complexity index is 2670. The SMILES string of the molecule is COc1ccc(C(OC[C@H]2O[C@@H](n3cc(C)c(=O)[nH]c3=O)C[C@@H]2OP(=O)(COC(C)=O)OC[C@H]2O[C@@H](n3cc(C)c(=O)[nH]c3=O)C[C@@H]2O)(c2ccccc2)c2ccc(OC)cc2)cc1. The molecule has 2 aliphatic rings. The number of aryl methyl sites for hydroxylation is 2. The molecule has 2 aliphatic heterocycles. The number of benzene rings is 3. The Labute approximate surface area is 365 Å². The van der Waals surface area contributed by atoms with Crippen LogP contribution in [0.1, 0.15) is 60.0 Å². The summed E-state index contributed by atoms with van der Waals surface area (Å²) in [5, 5.41) is 11.0. The van der Waals surface area contributed by atoms with Crippen LogP contribution < -0.4 is 32.0 Å². The molecular weight excluding hydrogens is 855 g/mol. The van der Waals surface area contributed by atoms with Gasteiger partial charge in [-0.1, -0.05) is 54.6 Å². The van der Waals surface area contributed by atoms with Gasteiger partial charge in [0.15, 0.2) is 6.35 Å². The van der Waals surface area contributed by atoms with Crippen molar-refractivity contribution in [2.75, 3.05) is 33.8 Å². The number of aliphatic hydroxyl groups excluding tert-OH is 1. The molecule has 0 bridgehead atoms. The smallest absolute Gasteiger partial charge is 0.368 e. The second-order valence-electron chi connectivity index (χ2n) is 15.4. The number of H-pyrrole nitrogens is 2. The molecule has 4 heterocycles. The zero-order valence-electron chi connectivity index (χ0n) is 35.7. The lowest BCUT2D eigenvalue weighted by atomic mass is 9.80. The summed E-state index contributed by atoms with van der Waals surface area (Å²) >= 11 is 0. The molecule has 0 radical (unpaired) electrons. The fourth-order valence-corrected chi connectivity index (χ4v) is 9.26. The van der Waals surface area contributed by atoms with Gasteiger partial charge in [-0.25, -0.2) is 9.59 Å². The number of rotatable bonds is 17. The van der Waals surface area contributed by atoms with Gasteiger partial charge in [-0.15, -0.1) is 0 Å². The fourth-order valence-electron chi connectivity index (χ4n) is 7.71. The van der Waals surface area contributed by atoms with E-state index >= 15 is 0 Å². The van der Waals surface area contributed by atoms with Crippen molar-refractivity contribution in [2.45, 2.75) is 76.1 Å². The minimum Gasteiger partial charge on any atom is -0.497 e. The molecule has 2 aromatic heterocycles. The summed E-state index contributed by atoms with van der Waals surface area (Å²) in [4.78, 5) is 66.8. The number of carbonyl (C=O) groups excluding carboxylic acids is 1. The molecule has 7 atom stereocenters. The Morgan fingerprint density at radius 1 is 0.750 bits per heavy atom. The highest BCUT2D eigenvalue weighted by molar-refractivity contribution is 7.53. The zero-order valence-corrected chi connectivity index (χ0v) is 36.6. The lowest BCUT2D eigenvalue weighted by Crippen LogP contribution is -2.38. The molecule has 3 N–H and O–H groups in total. The van der Waals surface area contributed by atoms with Crippen molar-refractivity contribution in [3.05, 3.63) is 161 Å². The number of nitrogens with zero attached hydrogens (tertiary/aromatic N) is 2. The van der Waals surface area contributed by atoms with E-state index in [2.05, 4.69) is 9.97 Å². The largest absolute Gasteiger partial charge is 0.497 e. The average molecular weight is 905 g/mol. The van der Waals surface area contributed by atoms with Gasteiger partial charge in [-0.05, 0) is 54.8 Å². The molecule has 1 unspecified atom stereocenters. The van der Waals surface area contributed by atoms with Crippen LogP contribution >= 0.6 is 7.60 Å². The molecule has 19 nitrogen and oxygen atoms in total. The molecule has 20 heteroatoms. The standard InChI is InChI=1S/C44H49N4O15P/c1-26-21-47(42(53)45-40(26)51)38-19-34(50)36(61-38)24-60-64(55,25-58-28(3)49)63-35-20-39(48-22-27(2)41(52)46-43(48)54)62-37(35)23-59-44(29-9-7-6-8-10-29,30-11-15-32(56-4)16-12-30)31-13-17-33(57-5)18-14-31/h6-18,21-22,34-39,50H,19-20,23-25H2,1-5H3,(H,45,51,53)(H,46,52,54)/t34-,35-,36+,37+,38+,39+,64?/m0/s1. The summed E-state index contributed by atoms with van der Waals surface area (Å²) in [5.41, 5.74) is -1.45. The highest BCUT2D eigenvalue weighted by Gasteiger charge is 2.47. The Balaban J connectivity index is 1.24. The first kappa shape index (κ1) is 46.1. The Hall–Kier alpha value is -5.92. The van der Waals surface area contributed by atoms with Gasteiger partial charge in [-0.3, -0.25) is 42.6 Å². The quantitative estimate of drug-likeness (QED) is 0.0684. The number of aliphatic hydroxyl groups is 1. The van der Waals surface area contributed by atoms with E-state index in [9.17, 15) is 33.6 Å². The zero-order chi connectivity index (χ0) is 45.8. The van der Waals surface area contributed by atoms with Crippen LogP contribution in [0.15, 0.2) is 110 Å². The lowest BCUT2D eigenvalue weighted by molar-refractivity contribution is -0.139. The van der Waals surface area contributed by atoms with Crippen molar-refractivity contribution >= 4 is 13.6 Å². The molecule has 340 valence electrons. The van der Waals surface area contributed by atoms with Crippen molar-refractivity contribution < 1.29 is 51.9 Å². The second-order valence-corrected chi connectivity index (χ2v) is 17.3. The summed E-state index contributed by atoms with van der Waals surface area (Å²) in [6.45, 7) is 3.33. The van der Waals surface area contributed by atoms with Gasteiger partial charge in [0.25, 0.3) is 11.1 Å². The van der Waals surface area contributed by atoms with E-state index in [1.807, 2.05) is 54.6 Å². The van der Waals surface area contributed by atoms with Crippen molar-refractivity contribution in [2.24, 2.45) is 0 Å². The number of hydrogen-bond acceptors (Lipinski definition) is 15. The summed E-state index contributed by atoms with van der Waals surface area (Å²) in [6.07, 6.45) is -5.16. The number of carbonyl (C=O) groups is 1. The van der Waals surface area contributed by atoms with Crippen LogP contribution in [0.5, 0.6) is 11.5 Å². The van der Waals surface area contributed by atoms with Gasteiger partial charge in [-0.2, -0.15) is 0 Å². The van der Waals surface area contributed by atoms with Crippen molar-refractivity contribution in [1.29, 1.82) is 0 Å². The summed E-state index contributed by atoms with van der Waals surface area (Å²) < 4.78 is 65.0. The number of methoxy groups -OCH3 is 2. The summed E-state index contributed by atoms with van der Waals surface area (Å²) in [6, 6.07) is 24.1. The van der Waals surface area contributed by atoms with Crippen molar-refractivity contribution in [1.82, 2.24) is 19.1 Å². The molecule has 0 aliphatic carbocycles. The number of aromatic nitrogens is 4. The van der Waals surface area contributed by atoms with E-state index in [0.717, 1.165) is 17.1 Å². The monoisotopic (exact) mass is 904 g/mol. The van der Waals surface area contributed by atoms with Crippen LogP contribution in [0.4, 0.5) is 0 Å². The topological polar surface area (TPSA) is 238 Å². The van der Waals surface area contributed by atoms with Gasteiger partial charge in [0.05, 0.1) is 33.5 Å². The predicted octanol–water partition coefficient (Wildman–Crippen LogP) is 3.78. The molecular formula is C44H49N4O15P. The maximum atomic E-state index is 14.8. The van der Waals surface area contributed by atoms with E-state index < -0.39 is 91.5 Å². The van der Waals surface area contributed by atoms with Gasteiger partial charge in [0.1, 0.15) is 47.9 Å². The minimum absolute atomic E-state index is 0.0784. The minimum atomic E-state index is -4.52. The van der Waals surface area contributed by atoms with Crippen molar-refractivity contribution in [3.8, 4) is 11.5 Å². The third-order valence-electron chi connectivity index (χ3n) is 11.1. The van der Waals surface area contributed by atoms with Crippen LogP contribution in [0.3, 0.4) is 0 Å². The highest BCUT2D eigenvalue weighted by atomic mass is 31.2. The van der Waals surface area contributed by atoms with Crippen LogP contribution in [0.2, 0.25) is 0 Å². The normalized spacial score (nSPS) is 21.9. The van der Waals surface area contributed by atoms with Crippen LogP contribution in [-0.2, 0) is 43.0 Å². The average Bonchev–Trinajstić information content (AvgIpc) is 3.87. The molecule has 5 aromatic rings. The van der Waals surface area contributed by atoms with E-state index in [1.165, 1.54) is 30.8 Å². The summed E-state index contributed by atoms with van der Waals surface area (Å²) in [7, 11) is -1.40. The first-order chi connectivity index (χ1) is 30.6. The van der Waals surface area contributed by atoms with Gasteiger partial charge >= 0.3 is 24.9 Å². The molecule has 2 saturated heterocycles. The first-order valence-electron chi connectivity index (χ1n) is 20.3. The maximum Gasteiger partial charge on any atom is 0.368 e. The van der Waals surface area contributed by atoms with Gasteiger partial charge in [0, 0.05) is 43.3 Å². The summed E-state index contributed by atoms with van der Waals surface area (Å²) in [5.74, 6) is 0.416. The number of ether oxygens (including phenoxy) is 6. The number of aromatic amines is 2. The van der Waals surface area contributed by atoms with Crippen molar-refractivity contribution in [3.63, 3.8) is 0 Å². The van der Waals surface area contributed by atoms with E-state index in [-0.39, 0.29) is 30.6 Å². The highest BCUT2D eigenvalue weighted by Crippen LogP contribution is 2.53. The number of nitrogens with one attached hydrogen (secondary N) is 2. The predicted molar refractivity (Wildman–Crippen MR) is 229 cm³/mol. The number of hydrogen-bond donors (Lipinski definition) is 3. The van der Waals surface area contributed by atoms with Crippen LogP contribution in [0, 0.1) is 13.8 Å². The Morgan fingerprint density at radius 2 is 1.25 bits per heavy atom. The first-order valence-corrected chi connectivity index (χ1v) is 22.0. The molecule has 0 amide bonds. The Morgan fingerprint density at radius 3 is 1.77 bits per heavy atom. The molecule has 3 aromatic carbocycles.